The van der Waals surface area contributed by atoms with Crippen molar-refractivity contribution in [3.63, 3.8) is 0 Å². The van der Waals surface area contributed by atoms with Gasteiger partial charge in [0.15, 0.2) is 0 Å². The molecule has 94 valence electrons. The third-order valence-electron chi connectivity index (χ3n) is 3.54. The van der Waals surface area contributed by atoms with E-state index in [0.29, 0.717) is 18.6 Å². The zero-order valence-corrected chi connectivity index (χ0v) is 9.04. The van der Waals surface area contributed by atoms with Gasteiger partial charge in [-0.15, -0.1) is 13.2 Å². The Kier molecular flexibility index (Phi) is 3.42. The minimum absolute atomic E-state index is 0.220. The summed E-state index contributed by atoms with van der Waals surface area (Å²) in [5, 5.41) is 0. The van der Waals surface area contributed by atoms with Crippen molar-refractivity contribution in [3.8, 4) is 0 Å². The average Bonchev–Trinajstić information content (AvgIpc) is 2.41. The molecule has 2 aliphatic heterocycles. The Morgan fingerprint density at radius 3 is 2.25 bits per heavy atom. The highest BCUT2D eigenvalue weighted by Gasteiger charge is 2.39. The van der Waals surface area contributed by atoms with Crippen LogP contribution in [-0.2, 0) is 4.74 Å². The normalized spacial score (nSPS) is 35.6. The lowest BCUT2D eigenvalue weighted by atomic mass is 9.98. The molecule has 2 rings (SSSR count). The second kappa shape index (κ2) is 4.50. The van der Waals surface area contributed by atoms with E-state index in [1.807, 2.05) is 0 Å². The van der Waals surface area contributed by atoms with E-state index in [1.54, 1.807) is 0 Å². The van der Waals surface area contributed by atoms with E-state index in [-0.39, 0.29) is 12.6 Å². The third-order valence-corrected chi connectivity index (χ3v) is 3.54. The Labute approximate surface area is 92.7 Å². The monoisotopic (exact) mass is 238 g/mol. The molecule has 0 amide bonds. The highest BCUT2D eigenvalue weighted by molar-refractivity contribution is 4.96. The van der Waals surface area contributed by atoms with Gasteiger partial charge in [-0.3, -0.25) is 9.64 Å². The Balaban J connectivity index is 1.79. The van der Waals surface area contributed by atoms with Crippen molar-refractivity contribution in [1.29, 1.82) is 0 Å². The quantitative estimate of drug-likeness (QED) is 0.809. The van der Waals surface area contributed by atoms with Crippen LogP contribution in [0.5, 0.6) is 0 Å². The van der Waals surface area contributed by atoms with Crippen LogP contribution in [0.1, 0.15) is 25.7 Å². The SMILES string of the molecule is NC1CC2CCC(C1)N2CCOC(F)(F)F. The minimum atomic E-state index is -4.51. The molecule has 6 heteroatoms. The van der Waals surface area contributed by atoms with Gasteiger partial charge in [-0.05, 0) is 25.7 Å². The summed E-state index contributed by atoms with van der Waals surface area (Å²) in [5.74, 6) is 0. The zero-order chi connectivity index (χ0) is 11.8. The first-order valence-electron chi connectivity index (χ1n) is 5.68. The van der Waals surface area contributed by atoms with Gasteiger partial charge in [0.1, 0.15) is 0 Å². The van der Waals surface area contributed by atoms with E-state index >= 15 is 0 Å². The molecule has 0 spiro atoms. The second-order valence-corrected chi connectivity index (χ2v) is 4.65. The molecule has 16 heavy (non-hydrogen) atoms. The van der Waals surface area contributed by atoms with Gasteiger partial charge >= 0.3 is 6.36 Å². The standard InChI is InChI=1S/C10H17F3N2O/c11-10(12,13)16-4-3-15-8-1-2-9(15)6-7(14)5-8/h7-9H,1-6,14H2. The van der Waals surface area contributed by atoms with Crippen LogP contribution in [0.25, 0.3) is 0 Å². The molecule has 0 aromatic rings. The minimum Gasteiger partial charge on any atom is -0.328 e. The smallest absolute Gasteiger partial charge is 0.328 e. The maximum atomic E-state index is 11.8. The maximum Gasteiger partial charge on any atom is 0.522 e. The van der Waals surface area contributed by atoms with Gasteiger partial charge in [0.2, 0.25) is 0 Å². The third kappa shape index (κ3) is 2.87. The number of halogens is 3. The van der Waals surface area contributed by atoms with Gasteiger partial charge in [0, 0.05) is 24.7 Å². The predicted molar refractivity (Wildman–Crippen MR) is 52.7 cm³/mol. The van der Waals surface area contributed by atoms with Crippen molar-refractivity contribution in [2.24, 2.45) is 5.73 Å². The van der Waals surface area contributed by atoms with Crippen LogP contribution < -0.4 is 5.73 Å². The van der Waals surface area contributed by atoms with Crippen LogP contribution >= 0.6 is 0 Å². The molecule has 2 saturated heterocycles. The van der Waals surface area contributed by atoms with Crippen molar-refractivity contribution in [3.05, 3.63) is 0 Å². The number of fused-ring (bicyclic) bond motifs is 2. The van der Waals surface area contributed by atoms with Crippen LogP contribution in [0, 0.1) is 0 Å². The molecule has 0 saturated carbocycles. The topological polar surface area (TPSA) is 38.5 Å². The van der Waals surface area contributed by atoms with E-state index in [1.165, 1.54) is 0 Å². The first-order chi connectivity index (χ1) is 7.46. The van der Waals surface area contributed by atoms with Crippen molar-refractivity contribution in [2.75, 3.05) is 13.2 Å². The van der Waals surface area contributed by atoms with E-state index < -0.39 is 6.36 Å². The van der Waals surface area contributed by atoms with Crippen LogP contribution in [0.2, 0.25) is 0 Å². The summed E-state index contributed by atoms with van der Waals surface area (Å²) in [6, 6.07) is 0.952. The predicted octanol–water partition coefficient (Wildman–Crippen LogP) is 1.48. The summed E-state index contributed by atoms with van der Waals surface area (Å²) in [6.07, 6.45) is -0.578. The van der Waals surface area contributed by atoms with E-state index in [9.17, 15) is 13.2 Å². The summed E-state index contributed by atoms with van der Waals surface area (Å²) in [6.45, 7) is 0.0906. The number of alkyl halides is 3. The highest BCUT2D eigenvalue weighted by Crippen LogP contribution is 2.34. The fourth-order valence-corrected chi connectivity index (χ4v) is 2.95. The lowest BCUT2D eigenvalue weighted by Crippen LogP contribution is -2.48. The maximum absolute atomic E-state index is 11.8. The van der Waals surface area contributed by atoms with E-state index in [4.69, 9.17) is 5.73 Å². The molecule has 2 heterocycles. The lowest BCUT2D eigenvalue weighted by molar-refractivity contribution is -0.325. The fraction of sp³-hybridized carbons (Fsp3) is 1.00. The van der Waals surface area contributed by atoms with Crippen LogP contribution in [-0.4, -0.2) is 42.5 Å². The largest absolute Gasteiger partial charge is 0.522 e. The van der Waals surface area contributed by atoms with Gasteiger partial charge < -0.3 is 5.73 Å². The number of ether oxygens (including phenoxy) is 1. The molecule has 0 radical (unpaired) electrons. The van der Waals surface area contributed by atoms with Gasteiger partial charge in [0.05, 0.1) is 6.61 Å². The molecular formula is C10H17F3N2O. The molecule has 0 aliphatic carbocycles. The highest BCUT2D eigenvalue weighted by atomic mass is 19.4. The van der Waals surface area contributed by atoms with Crippen LogP contribution in [0.4, 0.5) is 13.2 Å². The molecule has 0 aromatic heterocycles. The molecule has 2 atom stereocenters. The number of rotatable bonds is 3. The molecular weight excluding hydrogens is 221 g/mol. The van der Waals surface area contributed by atoms with Gasteiger partial charge in [0.25, 0.3) is 0 Å². The Morgan fingerprint density at radius 1 is 1.19 bits per heavy atom. The number of nitrogens with two attached hydrogens (primary N) is 1. The number of hydrogen-bond acceptors (Lipinski definition) is 3. The van der Waals surface area contributed by atoms with Crippen molar-refractivity contribution in [2.45, 2.75) is 50.2 Å². The summed E-state index contributed by atoms with van der Waals surface area (Å²) < 4.78 is 39.3. The number of nitrogens with zero attached hydrogens (tertiary/aromatic N) is 1. The Hall–Kier alpha value is -0.330. The van der Waals surface area contributed by atoms with Gasteiger partial charge in [-0.1, -0.05) is 0 Å². The fourth-order valence-electron chi connectivity index (χ4n) is 2.95. The van der Waals surface area contributed by atoms with Crippen LogP contribution in [0.3, 0.4) is 0 Å². The summed E-state index contributed by atoms with van der Waals surface area (Å²) in [5.41, 5.74) is 5.88. The van der Waals surface area contributed by atoms with Crippen LogP contribution in [0.15, 0.2) is 0 Å². The first-order valence-corrected chi connectivity index (χ1v) is 5.68. The second-order valence-electron chi connectivity index (χ2n) is 4.65. The zero-order valence-electron chi connectivity index (χ0n) is 9.04. The summed E-state index contributed by atoms with van der Waals surface area (Å²) >= 11 is 0. The average molecular weight is 238 g/mol. The van der Waals surface area contributed by atoms with E-state index in [0.717, 1.165) is 25.7 Å². The number of piperidine rings is 1. The first kappa shape index (κ1) is 12.1. The van der Waals surface area contributed by atoms with Crippen molar-refractivity contribution < 1.29 is 17.9 Å². The molecule has 3 nitrogen and oxygen atoms in total. The molecule has 0 aromatic carbocycles. The molecule has 2 N–H and O–H groups in total. The van der Waals surface area contributed by atoms with E-state index in [2.05, 4.69) is 9.64 Å². The molecule has 2 bridgehead atoms. The summed E-state index contributed by atoms with van der Waals surface area (Å²) in [7, 11) is 0. The molecule has 2 fully saturated rings. The molecule has 2 unspecified atom stereocenters. The Bertz CT molecular complexity index is 233. The van der Waals surface area contributed by atoms with Crippen molar-refractivity contribution in [1.82, 2.24) is 4.90 Å². The van der Waals surface area contributed by atoms with Gasteiger partial charge in [-0.25, -0.2) is 0 Å². The van der Waals surface area contributed by atoms with Crippen molar-refractivity contribution >= 4 is 0 Å². The molecule has 2 aliphatic rings. The summed E-state index contributed by atoms with van der Waals surface area (Å²) in [4.78, 5) is 2.13. The lowest BCUT2D eigenvalue weighted by Gasteiger charge is -2.37. The van der Waals surface area contributed by atoms with Gasteiger partial charge in [-0.2, -0.15) is 0 Å². The number of hydrogen-bond donors (Lipinski definition) is 1. The Morgan fingerprint density at radius 2 is 1.75 bits per heavy atom.